The van der Waals surface area contributed by atoms with E-state index in [1.165, 1.54) is 38.5 Å². The van der Waals surface area contributed by atoms with E-state index in [2.05, 4.69) is 15.1 Å². The number of hydrogen-bond acceptors (Lipinski definition) is 3. The molecule has 5 nitrogen and oxygen atoms in total. The van der Waals surface area contributed by atoms with Gasteiger partial charge in [-0.15, -0.1) is 0 Å². The van der Waals surface area contributed by atoms with Gasteiger partial charge < -0.3 is 10.2 Å². The number of nitrogens with zero attached hydrogens (tertiary/aromatic N) is 2. The molecule has 4 aliphatic rings. The van der Waals surface area contributed by atoms with Crippen LogP contribution in [0.15, 0.2) is 0 Å². The van der Waals surface area contributed by atoms with E-state index < -0.39 is 0 Å². The number of rotatable bonds is 6. The van der Waals surface area contributed by atoms with Crippen LogP contribution in [0, 0.1) is 0 Å². The Morgan fingerprint density at radius 1 is 0.913 bits per heavy atom. The van der Waals surface area contributed by atoms with Crippen molar-refractivity contribution in [3.05, 3.63) is 0 Å². The van der Waals surface area contributed by atoms with E-state index in [1.807, 2.05) is 0 Å². The summed E-state index contributed by atoms with van der Waals surface area (Å²) in [4.78, 5) is 29.6. The highest BCUT2D eigenvalue weighted by Gasteiger charge is 2.41. The third-order valence-electron chi connectivity index (χ3n) is 5.87. The van der Waals surface area contributed by atoms with Gasteiger partial charge in [-0.25, -0.2) is 0 Å². The van der Waals surface area contributed by atoms with Gasteiger partial charge in [0.15, 0.2) is 0 Å². The molecule has 1 atom stereocenters. The van der Waals surface area contributed by atoms with Gasteiger partial charge in [0.05, 0.1) is 12.6 Å². The fourth-order valence-corrected chi connectivity index (χ4v) is 4.33. The van der Waals surface area contributed by atoms with Crippen molar-refractivity contribution in [3.8, 4) is 0 Å². The van der Waals surface area contributed by atoms with Gasteiger partial charge in [-0.2, -0.15) is 0 Å². The molecule has 2 amide bonds. The summed E-state index contributed by atoms with van der Waals surface area (Å²) in [5.41, 5.74) is 0. The molecule has 1 saturated heterocycles. The molecule has 0 bridgehead atoms. The quantitative estimate of drug-likeness (QED) is 0.810. The number of carbonyl (C=O) groups excluding carboxylic acids is 2. The number of nitrogens with one attached hydrogen (secondary N) is 1. The summed E-state index contributed by atoms with van der Waals surface area (Å²) in [7, 11) is 0. The average Bonchev–Trinajstić information content (AvgIpc) is 3.42. The van der Waals surface area contributed by atoms with Crippen LogP contribution >= 0.6 is 0 Å². The Labute approximate surface area is 138 Å². The molecule has 0 aromatic heterocycles. The molecule has 3 saturated carbocycles. The smallest absolute Gasteiger partial charge is 0.237 e. The van der Waals surface area contributed by atoms with Crippen LogP contribution in [0.5, 0.6) is 0 Å². The third-order valence-corrected chi connectivity index (χ3v) is 5.87. The summed E-state index contributed by atoms with van der Waals surface area (Å²) in [6, 6.07) is 1.29. The van der Waals surface area contributed by atoms with Crippen LogP contribution in [0.1, 0.15) is 64.2 Å². The van der Waals surface area contributed by atoms with E-state index in [0.29, 0.717) is 24.7 Å². The monoisotopic (exact) mass is 319 g/mol. The topological polar surface area (TPSA) is 52.7 Å². The summed E-state index contributed by atoms with van der Waals surface area (Å²) < 4.78 is 0. The zero-order valence-electron chi connectivity index (χ0n) is 14.0. The Morgan fingerprint density at radius 2 is 1.61 bits per heavy atom. The summed E-state index contributed by atoms with van der Waals surface area (Å²) in [6.45, 7) is 1.33. The maximum Gasteiger partial charge on any atom is 0.237 e. The van der Waals surface area contributed by atoms with Crippen LogP contribution in [-0.4, -0.2) is 58.9 Å². The fraction of sp³-hybridized carbons (Fsp3) is 0.889. The van der Waals surface area contributed by atoms with Crippen LogP contribution < -0.4 is 5.32 Å². The van der Waals surface area contributed by atoms with Crippen LogP contribution in [-0.2, 0) is 9.59 Å². The highest BCUT2D eigenvalue weighted by atomic mass is 16.2. The minimum Gasteiger partial charge on any atom is -0.352 e. The largest absolute Gasteiger partial charge is 0.352 e. The van der Waals surface area contributed by atoms with E-state index in [0.717, 1.165) is 32.2 Å². The Bertz CT molecular complexity index is 467. The second-order valence-corrected chi connectivity index (χ2v) is 7.88. The van der Waals surface area contributed by atoms with Crippen molar-refractivity contribution >= 4 is 11.8 Å². The van der Waals surface area contributed by atoms with E-state index in [-0.39, 0.29) is 17.9 Å². The minimum absolute atomic E-state index is 0.0795. The molecule has 0 spiro atoms. The van der Waals surface area contributed by atoms with Crippen LogP contribution in [0.3, 0.4) is 0 Å². The predicted molar refractivity (Wildman–Crippen MR) is 87.9 cm³/mol. The van der Waals surface area contributed by atoms with Gasteiger partial charge in [-0.3, -0.25) is 14.5 Å². The Morgan fingerprint density at radius 3 is 2.26 bits per heavy atom. The Kier molecular flexibility index (Phi) is 4.31. The number of hydrogen-bond donors (Lipinski definition) is 1. The molecule has 128 valence electrons. The predicted octanol–water partition coefficient (Wildman–Crippen LogP) is 1.66. The van der Waals surface area contributed by atoms with Crippen molar-refractivity contribution < 1.29 is 9.59 Å². The first-order chi connectivity index (χ1) is 11.2. The zero-order valence-corrected chi connectivity index (χ0v) is 14.0. The van der Waals surface area contributed by atoms with Crippen molar-refractivity contribution in [1.29, 1.82) is 0 Å². The molecule has 0 aromatic rings. The van der Waals surface area contributed by atoms with Crippen LogP contribution in [0.2, 0.25) is 0 Å². The third kappa shape index (κ3) is 3.54. The van der Waals surface area contributed by atoms with Crippen LogP contribution in [0.4, 0.5) is 0 Å². The fourth-order valence-electron chi connectivity index (χ4n) is 4.33. The van der Waals surface area contributed by atoms with Crippen molar-refractivity contribution in [3.63, 3.8) is 0 Å². The molecule has 1 aliphatic heterocycles. The SMILES string of the molecule is O=C(NC1CC1)C1CCCN1CC(=O)N(C1CCCC1)C1CC1. The molecule has 3 aliphatic carbocycles. The standard InChI is InChI=1S/C18H29N3O2/c22-17(21(15-9-10-15)14-4-1-2-5-14)12-20-11-3-6-16(20)18(23)19-13-7-8-13/h13-16H,1-12H2,(H,19,23). The number of carbonyl (C=O) groups is 2. The second-order valence-electron chi connectivity index (χ2n) is 7.88. The van der Waals surface area contributed by atoms with Gasteiger partial charge in [0, 0.05) is 18.1 Å². The number of likely N-dealkylation sites (tertiary alicyclic amines) is 1. The Balaban J connectivity index is 1.36. The molecule has 23 heavy (non-hydrogen) atoms. The summed E-state index contributed by atoms with van der Waals surface area (Å²) in [6.07, 6.45) is 11.4. The van der Waals surface area contributed by atoms with E-state index in [4.69, 9.17) is 0 Å². The lowest BCUT2D eigenvalue weighted by Gasteiger charge is -2.32. The molecule has 4 fully saturated rings. The molecule has 0 aromatic carbocycles. The first kappa shape index (κ1) is 15.4. The molecule has 1 N–H and O–H groups in total. The molecule has 4 rings (SSSR count). The van der Waals surface area contributed by atoms with E-state index >= 15 is 0 Å². The summed E-state index contributed by atoms with van der Waals surface area (Å²) >= 11 is 0. The van der Waals surface area contributed by atoms with Gasteiger partial charge in [0.1, 0.15) is 0 Å². The van der Waals surface area contributed by atoms with Crippen molar-refractivity contribution in [2.45, 2.75) is 88.4 Å². The highest BCUT2D eigenvalue weighted by molar-refractivity contribution is 5.84. The lowest BCUT2D eigenvalue weighted by Crippen LogP contribution is -2.50. The molecule has 1 heterocycles. The first-order valence-corrected chi connectivity index (χ1v) is 9.58. The second kappa shape index (κ2) is 6.42. The molecule has 5 heteroatoms. The minimum atomic E-state index is -0.0795. The summed E-state index contributed by atoms with van der Waals surface area (Å²) in [5, 5.41) is 3.11. The van der Waals surface area contributed by atoms with Crippen molar-refractivity contribution in [1.82, 2.24) is 15.1 Å². The zero-order chi connectivity index (χ0) is 15.8. The number of amides is 2. The average molecular weight is 319 g/mol. The normalized spacial score (nSPS) is 29.0. The van der Waals surface area contributed by atoms with Gasteiger partial charge in [0.25, 0.3) is 0 Å². The van der Waals surface area contributed by atoms with E-state index in [1.54, 1.807) is 0 Å². The molecular formula is C18H29N3O2. The summed E-state index contributed by atoms with van der Waals surface area (Å²) in [5.74, 6) is 0.419. The lowest BCUT2D eigenvalue weighted by molar-refractivity contribution is -0.136. The maximum atomic E-state index is 12.9. The van der Waals surface area contributed by atoms with E-state index in [9.17, 15) is 9.59 Å². The van der Waals surface area contributed by atoms with Crippen molar-refractivity contribution in [2.24, 2.45) is 0 Å². The van der Waals surface area contributed by atoms with Crippen LogP contribution in [0.25, 0.3) is 0 Å². The maximum absolute atomic E-state index is 12.9. The Hall–Kier alpha value is -1.10. The molecule has 1 unspecified atom stereocenters. The first-order valence-electron chi connectivity index (χ1n) is 9.58. The molecule has 0 radical (unpaired) electrons. The van der Waals surface area contributed by atoms with Gasteiger partial charge in [0.2, 0.25) is 11.8 Å². The lowest BCUT2D eigenvalue weighted by atomic mass is 10.2. The molecular weight excluding hydrogens is 290 g/mol. The van der Waals surface area contributed by atoms with Gasteiger partial charge >= 0.3 is 0 Å². The van der Waals surface area contributed by atoms with Gasteiger partial charge in [-0.05, 0) is 57.9 Å². The van der Waals surface area contributed by atoms with Crippen molar-refractivity contribution in [2.75, 3.05) is 13.1 Å². The highest BCUT2D eigenvalue weighted by Crippen LogP contribution is 2.35. The van der Waals surface area contributed by atoms with Gasteiger partial charge in [-0.1, -0.05) is 12.8 Å².